The van der Waals surface area contributed by atoms with Crippen molar-refractivity contribution in [1.82, 2.24) is 9.62 Å². The van der Waals surface area contributed by atoms with E-state index in [1.54, 1.807) is 12.1 Å². The van der Waals surface area contributed by atoms with Crippen LogP contribution in [-0.4, -0.2) is 43.8 Å². The first-order valence-electron chi connectivity index (χ1n) is 9.51. The molecule has 1 saturated heterocycles. The fraction of sp³-hybridized carbons (Fsp3) is 0.632. The van der Waals surface area contributed by atoms with Crippen LogP contribution in [0.15, 0.2) is 23.1 Å². The number of amides is 1. The molecule has 3 rings (SSSR count). The molecule has 3 N–H and O–H groups in total. The molecule has 0 aromatic heterocycles. The van der Waals surface area contributed by atoms with Crippen LogP contribution in [0.25, 0.3) is 0 Å². The lowest BCUT2D eigenvalue weighted by Crippen LogP contribution is -2.51. The standard InChI is InChI=1S/C19H29N3O3S/c1-15-7-8-16(26(24,25)22-11-5-2-6-12-22)13-17(15)18(23)21-19(14-20)9-3-4-10-19/h7-8,13H,2-6,9-12,14,20H2,1H3,(H,21,23). The van der Waals surface area contributed by atoms with Gasteiger partial charge in [-0.1, -0.05) is 25.3 Å². The maximum absolute atomic E-state index is 12.9. The molecule has 1 amide bonds. The molecule has 0 atom stereocenters. The van der Waals surface area contributed by atoms with Crippen LogP contribution in [0.5, 0.6) is 0 Å². The Labute approximate surface area is 156 Å². The first-order valence-corrected chi connectivity index (χ1v) is 11.0. The van der Waals surface area contributed by atoms with Gasteiger partial charge in [0.1, 0.15) is 0 Å². The fourth-order valence-corrected chi connectivity index (χ4v) is 5.54. The summed E-state index contributed by atoms with van der Waals surface area (Å²) < 4.78 is 27.4. The van der Waals surface area contributed by atoms with Crippen molar-refractivity contribution in [2.45, 2.75) is 62.3 Å². The average Bonchev–Trinajstić information content (AvgIpc) is 3.11. The highest BCUT2D eigenvalue weighted by atomic mass is 32.2. The van der Waals surface area contributed by atoms with E-state index in [2.05, 4.69) is 5.32 Å². The quantitative estimate of drug-likeness (QED) is 0.820. The molecule has 0 spiro atoms. The Morgan fingerprint density at radius 2 is 1.81 bits per heavy atom. The predicted octanol–water partition coefficient (Wildman–Crippen LogP) is 2.17. The number of hydrogen-bond donors (Lipinski definition) is 2. The van der Waals surface area contributed by atoms with Crippen molar-refractivity contribution >= 4 is 15.9 Å². The van der Waals surface area contributed by atoms with E-state index < -0.39 is 10.0 Å². The summed E-state index contributed by atoms with van der Waals surface area (Å²) in [6.45, 7) is 3.33. The highest BCUT2D eigenvalue weighted by Crippen LogP contribution is 2.29. The van der Waals surface area contributed by atoms with Gasteiger partial charge in [0.25, 0.3) is 5.91 Å². The molecule has 7 heteroatoms. The number of nitrogens with zero attached hydrogens (tertiary/aromatic N) is 1. The van der Waals surface area contributed by atoms with Crippen molar-refractivity contribution in [3.63, 3.8) is 0 Å². The summed E-state index contributed by atoms with van der Waals surface area (Å²) in [5, 5.41) is 3.09. The van der Waals surface area contributed by atoms with Crippen LogP contribution in [0.1, 0.15) is 60.9 Å². The zero-order chi connectivity index (χ0) is 18.8. The maximum atomic E-state index is 12.9. The lowest BCUT2D eigenvalue weighted by atomic mass is 9.96. The maximum Gasteiger partial charge on any atom is 0.252 e. The summed E-state index contributed by atoms with van der Waals surface area (Å²) in [7, 11) is -3.55. The summed E-state index contributed by atoms with van der Waals surface area (Å²) in [6.07, 6.45) is 6.70. The summed E-state index contributed by atoms with van der Waals surface area (Å²) in [5.74, 6) is -0.231. The van der Waals surface area contributed by atoms with Crippen molar-refractivity contribution in [3.05, 3.63) is 29.3 Å². The monoisotopic (exact) mass is 379 g/mol. The third kappa shape index (κ3) is 3.80. The molecule has 6 nitrogen and oxygen atoms in total. The second-order valence-electron chi connectivity index (χ2n) is 7.59. The van der Waals surface area contributed by atoms with Gasteiger partial charge in [0.2, 0.25) is 10.0 Å². The molecule has 0 radical (unpaired) electrons. The van der Waals surface area contributed by atoms with Crippen LogP contribution in [0.4, 0.5) is 0 Å². The fourth-order valence-electron chi connectivity index (χ4n) is 4.00. The zero-order valence-corrected chi connectivity index (χ0v) is 16.3. The van der Waals surface area contributed by atoms with Crippen LogP contribution in [0.2, 0.25) is 0 Å². The minimum atomic E-state index is -3.55. The van der Waals surface area contributed by atoms with Gasteiger partial charge in [0, 0.05) is 25.2 Å². The molecule has 1 aliphatic carbocycles. The van der Waals surface area contributed by atoms with E-state index in [4.69, 9.17) is 5.73 Å². The van der Waals surface area contributed by atoms with E-state index >= 15 is 0 Å². The van der Waals surface area contributed by atoms with Crippen molar-refractivity contribution in [2.24, 2.45) is 5.73 Å². The van der Waals surface area contributed by atoms with Gasteiger partial charge in [-0.15, -0.1) is 0 Å². The number of nitrogens with two attached hydrogens (primary N) is 1. The molecule has 26 heavy (non-hydrogen) atoms. The number of aryl methyl sites for hydroxylation is 1. The first-order chi connectivity index (χ1) is 12.4. The number of sulfonamides is 1. The molecule has 2 aliphatic rings. The Morgan fingerprint density at radius 3 is 2.42 bits per heavy atom. The average molecular weight is 380 g/mol. The topological polar surface area (TPSA) is 92.5 Å². The highest BCUT2D eigenvalue weighted by Gasteiger charge is 2.35. The van der Waals surface area contributed by atoms with Crippen LogP contribution in [-0.2, 0) is 10.0 Å². The minimum absolute atomic E-state index is 0.198. The van der Waals surface area contributed by atoms with E-state index in [9.17, 15) is 13.2 Å². The molecule has 1 aliphatic heterocycles. The Balaban J connectivity index is 1.86. The lowest BCUT2D eigenvalue weighted by molar-refractivity contribution is 0.0902. The number of carbonyl (C=O) groups is 1. The minimum Gasteiger partial charge on any atom is -0.345 e. The van der Waals surface area contributed by atoms with Crippen LogP contribution >= 0.6 is 0 Å². The Hall–Kier alpha value is -1.44. The van der Waals surface area contributed by atoms with Crippen LogP contribution < -0.4 is 11.1 Å². The van der Waals surface area contributed by atoms with E-state index in [0.29, 0.717) is 25.2 Å². The smallest absolute Gasteiger partial charge is 0.252 e. The SMILES string of the molecule is Cc1ccc(S(=O)(=O)N2CCCCC2)cc1C(=O)NC1(CN)CCCC1. The van der Waals surface area contributed by atoms with Gasteiger partial charge in [-0.2, -0.15) is 4.31 Å². The van der Waals surface area contributed by atoms with Crippen LogP contribution in [0, 0.1) is 6.92 Å². The van der Waals surface area contributed by atoms with E-state index in [-0.39, 0.29) is 16.3 Å². The Morgan fingerprint density at radius 1 is 1.15 bits per heavy atom. The summed E-state index contributed by atoms with van der Waals surface area (Å²) in [6, 6.07) is 4.84. The second-order valence-corrected chi connectivity index (χ2v) is 9.53. The van der Waals surface area contributed by atoms with Gasteiger partial charge in [0.15, 0.2) is 0 Å². The second kappa shape index (κ2) is 7.66. The molecule has 2 fully saturated rings. The molecule has 1 saturated carbocycles. The van der Waals surface area contributed by atoms with Gasteiger partial charge in [-0.05, 0) is 50.3 Å². The van der Waals surface area contributed by atoms with Crippen LogP contribution in [0.3, 0.4) is 0 Å². The van der Waals surface area contributed by atoms with Crippen molar-refractivity contribution < 1.29 is 13.2 Å². The number of hydrogen-bond acceptors (Lipinski definition) is 4. The predicted molar refractivity (Wildman–Crippen MR) is 102 cm³/mol. The highest BCUT2D eigenvalue weighted by molar-refractivity contribution is 7.89. The summed E-state index contributed by atoms with van der Waals surface area (Å²) >= 11 is 0. The van der Waals surface area contributed by atoms with Gasteiger partial charge in [0.05, 0.1) is 10.4 Å². The normalized spacial score (nSPS) is 20.8. The van der Waals surface area contributed by atoms with E-state index in [1.807, 2.05) is 6.92 Å². The number of piperidine rings is 1. The molecular formula is C19H29N3O3S. The van der Waals surface area contributed by atoms with Crippen molar-refractivity contribution in [3.8, 4) is 0 Å². The van der Waals surface area contributed by atoms with Crippen molar-refractivity contribution in [2.75, 3.05) is 19.6 Å². The number of benzene rings is 1. The molecule has 1 aromatic rings. The molecular weight excluding hydrogens is 350 g/mol. The van der Waals surface area contributed by atoms with Gasteiger partial charge in [-0.3, -0.25) is 4.79 Å². The van der Waals surface area contributed by atoms with E-state index in [1.165, 1.54) is 10.4 Å². The van der Waals surface area contributed by atoms with Crippen molar-refractivity contribution in [1.29, 1.82) is 0 Å². The zero-order valence-electron chi connectivity index (χ0n) is 15.5. The van der Waals surface area contributed by atoms with Gasteiger partial charge >= 0.3 is 0 Å². The molecule has 0 unspecified atom stereocenters. The number of carbonyl (C=O) groups excluding carboxylic acids is 1. The van der Waals surface area contributed by atoms with Gasteiger partial charge < -0.3 is 11.1 Å². The molecule has 144 valence electrons. The third-order valence-electron chi connectivity index (χ3n) is 5.74. The first kappa shape index (κ1) is 19.3. The number of rotatable bonds is 5. The summed E-state index contributed by atoms with van der Waals surface area (Å²) in [4.78, 5) is 13.1. The summed E-state index contributed by atoms with van der Waals surface area (Å²) in [5.41, 5.74) is 6.74. The van der Waals surface area contributed by atoms with Gasteiger partial charge in [-0.25, -0.2) is 8.42 Å². The Kier molecular flexibility index (Phi) is 5.69. The molecule has 1 heterocycles. The largest absolute Gasteiger partial charge is 0.345 e. The molecule has 0 bridgehead atoms. The number of nitrogens with one attached hydrogen (secondary N) is 1. The molecule has 1 aromatic carbocycles. The lowest BCUT2D eigenvalue weighted by Gasteiger charge is -2.29. The Bertz CT molecular complexity index is 764. The van der Waals surface area contributed by atoms with E-state index in [0.717, 1.165) is 50.5 Å². The third-order valence-corrected chi connectivity index (χ3v) is 7.63.